The molecule has 0 aromatic heterocycles. The summed E-state index contributed by atoms with van der Waals surface area (Å²) in [5.74, 6) is 0.819. The second kappa shape index (κ2) is 5.33. The minimum Gasteiger partial charge on any atom is -0.497 e. The van der Waals surface area contributed by atoms with Crippen molar-refractivity contribution in [3.8, 4) is 5.75 Å². The fraction of sp³-hybridized carbons (Fsp3) is 0.167. The summed E-state index contributed by atoms with van der Waals surface area (Å²) in [7, 11) is 1.66. The van der Waals surface area contributed by atoms with Crippen LogP contribution in [-0.4, -0.2) is 13.4 Å². The molecule has 100 valence electrons. The first-order valence-electron chi connectivity index (χ1n) is 6.74. The van der Waals surface area contributed by atoms with Crippen LogP contribution in [0, 0.1) is 0 Å². The standard InChI is InChI=1S/C18H16O2/c1-20-15-9-8-14-7-6-13-4-2-3-5-16(13)17(10-11-19)18(14)12-15/h2-5,8-12H,6-7H2,1H3/b17-10+. The van der Waals surface area contributed by atoms with Gasteiger partial charge in [-0.05, 0) is 58.9 Å². The van der Waals surface area contributed by atoms with Crippen molar-refractivity contribution in [2.75, 3.05) is 7.11 Å². The van der Waals surface area contributed by atoms with Gasteiger partial charge in [0, 0.05) is 0 Å². The predicted molar refractivity (Wildman–Crippen MR) is 80.0 cm³/mol. The van der Waals surface area contributed by atoms with Gasteiger partial charge in [-0.25, -0.2) is 0 Å². The molecular weight excluding hydrogens is 248 g/mol. The van der Waals surface area contributed by atoms with Crippen molar-refractivity contribution in [1.29, 1.82) is 0 Å². The number of hydrogen-bond donors (Lipinski definition) is 0. The Morgan fingerprint density at radius 1 is 1.00 bits per heavy atom. The molecule has 0 radical (unpaired) electrons. The summed E-state index contributed by atoms with van der Waals surface area (Å²) in [4.78, 5) is 11.1. The Bertz CT molecular complexity index is 684. The van der Waals surface area contributed by atoms with Crippen molar-refractivity contribution < 1.29 is 9.53 Å². The van der Waals surface area contributed by atoms with Crippen LogP contribution < -0.4 is 4.74 Å². The molecule has 2 heteroatoms. The third-order valence-electron chi connectivity index (χ3n) is 3.81. The number of rotatable bonds is 2. The number of methoxy groups -OCH3 is 1. The summed E-state index contributed by atoms with van der Waals surface area (Å²) in [5, 5.41) is 0. The molecule has 0 unspecified atom stereocenters. The molecule has 0 bridgehead atoms. The number of benzene rings is 2. The van der Waals surface area contributed by atoms with E-state index in [1.165, 1.54) is 11.1 Å². The first kappa shape index (κ1) is 12.7. The number of carbonyl (C=O) groups is 1. The first-order valence-corrected chi connectivity index (χ1v) is 6.74. The quantitative estimate of drug-likeness (QED) is 0.613. The van der Waals surface area contributed by atoms with E-state index in [1.807, 2.05) is 24.3 Å². The second-order valence-corrected chi connectivity index (χ2v) is 4.90. The van der Waals surface area contributed by atoms with Crippen LogP contribution in [0.5, 0.6) is 5.75 Å². The minimum atomic E-state index is 0.819. The minimum absolute atomic E-state index is 0.819. The molecular formula is C18H16O2. The molecule has 3 rings (SSSR count). The lowest BCUT2D eigenvalue weighted by atomic mass is 9.94. The van der Waals surface area contributed by atoms with Gasteiger partial charge in [-0.3, -0.25) is 4.79 Å². The van der Waals surface area contributed by atoms with Crippen molar-refractivity contribution in [3.05, 3.63) is 70.8 Å². The monoisotopic (exact) mass is 264 g/mol. The number of carbonyl (C=O) groups excluding carboxylic acids is 1. The molecule has 0 N–H and O–H groups in total. The van der Waals surface area contributed by atoms with Crippen molar-refractivity contribution in [3.63, 3.8) is 0 Å². The van der Waals surface area contributed by atoms with E-state index in [0.717, 1.165) is 41.6 Å². The Morgan fingerprint density at radius 2 is 1.75 bits per heavy atom. The highest BCUT2D eigenvalue weighted by Crippen LogP contribution is 2.35. The van der Waals surface area contributed by atoms with E-state index < -0.39 is 0 Å². The van der Waals surface area contributed by atoms with Gasteiger partial charge >= 0.3 is 0 Å². The normalized spacial score (nSPS) is 15.2. The Labute approximate surface area is 118 Å². The lowest BCUT2D eigenvalue weighted by Gasteiger charge is -2.12. The van der Waals surface area contributed by atoms with Crippen molar-refractivity contribution >= 4 is 11.9 Å². The highest BCUT2D eigenvalue weighted by molar-refractivity contribution is 5.92. The van der Waals surface area contributed by atoms with Crippen LogP contribution in [0.1, 0.15) is 22.3 Å². The molecule has 0 saturated carbocycles. The lowest BCUT2D eigenvalue weighted by molar-refractivity contribution is -0.104. The fourth-order valence-electron chi connectivity index (χ4n) is 2.81. The third-order valence-corrected chi connectivity index (χ3v) is 3.81. The van der Waals surface area contributed by atoms with Crippen molar-refractivity contribution in [1.82, 2.24) is 0 Å². The van der Waals surface area contributed by atoms with E-state index in [1.54, 1.807) is 13.2 Å². The molecule has 1 aliphatic rings. The van der Waals surface area contributed by atoms with Gasteiger partial charge in [-0.1, -0.05) is 30.3 Å². The number of fused-ring (bicyclic) bond motifs is 2. The summed E-state index contributed by atoms with van der Waals surface area (Å²) >= 11 is 0. The Kier molecular flexibility index (Phi) is 3.38. The maximum Gasteiger partial charge on any atom is 0.143 e. The number of allylic oxidation sites excluding steroid dienone is 1. The average Bonchev–Trinajstić information content (AvgIpc) is 2.65. The van der Waals surface area contributed by atoms with Gasteiger partial charge in [0.05, 0.1) is 7.11 Å². The van der Waals surface area contributed by atoms with Crippen molar-refractivity contribution in [2.24, 2.45) is 0 Å². The Morgan fingerprint density at radius 3 is 2.50 bits per heavy atom. The zero-order valence-electron chi connectivity index (χ0n) is 11.4. The van der Waals surface area contributed by atoms with E-state index in [-0.39, 0.29) is 0 Å². The zero-order chi connectivity index (χ0) is 13.9. The van der Waals surface area contributed by atoms with E-state index in [2.05, 4.69) is 18.2 Å². The molecule has 0 spiro atoms. The van der Waals surface area contributed by atoms with Crippen LogP contribution in [0.25, 0.3) is 5.57 Å². The van der Waals surface area contributed by atoms with Gasteiger partial charge in [-0.15, -0.1) is 0 Å². The third kappa shape index (κ3) is 2.14. The SMILES string of the molecule is COc1ccc2c(c1)/C(=C/C=O)c1ccccc1CC2. The summed E-state index contributed by atoms with van der Waals surface area (Å²) in [6.45, 7) is 0. The van der Waals surface area contributed by atoms with Crippen LogP contribution in [-0.2, 0) is 17.6 Å². The molecule has 2 aromatic carbocycles. The van der Waals surface area contributed by atoms with Gasteiger partial charge in [-0.2, -0.15) is 0 Å². The topological polar surface area (TPSA) is 26.3 Å². The largest absolute Gasteiger partial charge is 0.497 e. The van der Waals surface area contributed by atoms with Crippen molar-refractivity contribution in [2.45, 2.75) is 12.8 Å². The van der Waals surface area contributed by atoms with Gasteiger partial charge in [0.25, 0.3) is 0 Å². The maximum absolute atomic E-state index is 11.1. The number of ether oxygens (including phenoxy) is 1. The van der Waals surface area contributed by atoms with Crippen LogP contribution in [0.3, 0.4) is 0 Å². The Balaban J connectivity index is 2.25. The molecule has 2 aromatic rings. The molecule has 20 heavy (non-hydrogen) atoms. The first-order chi connectivity index (χ1) is 9.83. The maximum atomic E-state index is 11.1. The highest BCUT2D eigenvalue weighted by Gasteiger charge is 2.18. The molecule has 1 aliphatic carbocycles. The van der Waals surface area contributed by atoms with E-state index in [4.69, 9.17) is 4.74 Å². The molecule has 0 atom stereocenters. The molecule has 2 nitrogen and oxygen atoms in total. The predicted octanol–water partition coefficient (Wildman–Crippen LogP) is 3.42. The van der Waals surface area contributed by atoms with Crippen LogP contribution in [0.2, 0.25) is 0 Å². The van der Waals surface area contributed by atoms with E-state index >= 15 is 0 Å². The summed E-state index contributed by atoms with van der Waals surface area (Å²) in [6, 6.07) is 14.4. The highest BCUT2D eigenvalue weighted by atomic mass is 16.5. The number of aldehydes is 1. The van der Waals surface area contributed by atoms with Gasteiger partial charge in [0.2, 0.25) is 0 Å². The van der Waals surface area contributed by atoms with Gasteiger partial charge < -0.3 is 4.74 Å². The molecule has 0 heterocycles. The number of hydrogen-bond acceptors (Lipinski definition) is 2. The van der Waals surface area contributed by atoms with E-state index in [0.29, 0.717) is 0 Å². The fourth-order valence-corrected chi connectivity index (χ4v) is 2.81. The summed E-state index contributed by atoms with van der Waals surface area (Å²) in [6.07, 6.45) is 4.49. The van der Waals surface area contributed by atoms with E-state index in [9.17, 15) is 4.79 Å². The Hall–Kier alpha value is -2.35. The van der Waals surface area contributed by atoms with Crippen LogP contribution in [0.15, 0.2) is 48.5 Å². The second-order valence-electron chi connectivity index (χ2n) is 4.90. The molecule has 0 aliphatic heterocycles. The summed E-state index contributed by atoms with van der Waals surface area (Å²) < 4.78 is 5.32. The average molecular weight is 264 g/mol. The van der Waals surface area contributed by atoms with Gasteiger partial charge in [0.15, 0.2) is 0 Å². The molecule has 0 amide bonds. The molecule has 0 saturated heterocycles. The number of aryl methyl sites for hydroxylation is 2. The summed E-state index contributed by atoms with van der Waals surface area (Å²) in [5.41, 5.74) is 5.78. The van der Waals surface area contributed by atoms with Gasteiger partial charge in [0.1, 0.15) is 12.0 Å². The lowest BCUT2D eigenvalue weighted by Crippen LogP contribution is -1.94. The molecule has 0 fully saturated rings. The smallest absolute Gasteiger partial charge is 0.143 e. The zero-order valence-corrected chi connectivity index (χ0v) is 11.4. The van der Waals surface area contributed by atoms with Crippen LogP contribution >= 0.6 is 0 Å². The van der Waals surface area contributed by atoms with Crippen LogP contribution in [0.4, 0.5) is 0 Å².